The lowest BCUT2D eigenvalue weighted by molar-refractivity contribution is -0.144. The fourth-order valence-electron chi connectivity index (χ4n) is 3.04. The molecule has 3 heterocycles. The van der Waals surface area contributed by atoms with Crippen LogP contribution in [0, 0.1) is 5.92 Å². The van der Waals surface area contributed by atoms with Gasteiger partial charge in [-0.25, -0.2) is 9.78 Å². The Bertz CT molecular complexity index is 994. The summed E-state index contributed by atoms with van der Waals surface area (Å²) in [5, 5.41) is 17.5. The molecule has 3 amide bonds. The monoisotopic (exact) mass is 461 g/mol. The Morgan fingerprint density at radius 3 is 2.81 bits per heavy atom. The Balaban J connectivity index is 1.80. The van der Waals surface area contributed by atoms with Crippen LogP contribution < -0.4 is 10.6 Å². The van der Waals surface area contributed by atoms with Crippen LogP contribution in [0.25, 0.3) is 0 Å². The van der Waals surface area contributed by atoms with Crippen LogP contribution in [0.2, 0.25) is 0 Å². The molecule has 2 aliphatic rings. The molecule has 1 fully saturated rings. The highest BCUT2D eigenvalue weighted by atomic mass is 32.2. The molecule has 1 aromatic heterocycles. The number of anilines is 1. The minimum Gasteiger partial charge on any atom is -0.478 e. The van der Waals surface area contributed by atoms with Crippen molar-refractivity contribution in [2.24, 2.45) is 11.1 Å². The van der Waals surface area contributed by atoms with Crippen LogP contribution >= 0.6 is 11.8 Å². The first kappa shape index (κ1) is 23.3. The van der Waals surface area contributed by atoms with Crippen molar-refractivity contribution in [3.8, 4) is 0 Å². The largest absolute Gasteiger partial charge is 0.478 e. The van der Waals surface area contributed by atoms with Crippen molar-refractivity contribution in [3.05, 3.63) is 35.7 Å². The fourth-order valence-corrected chi connectivity index (χ4v) is 4.40. The number of carbonyl (C=O) groups is 4. The van der Waals surface area contributed by atoms with Gasteiger partial charge in [0, 0.05) is 11.4 Å². The second-order valence-corrected chi connectivity index (χ2v) is 9.02. The van der Waals surface area contributed by atoms with Gasteiger partial charge < -0.3 is 25.5 Å². The molecule has 0 bridgehead atoms. The predicted octanol–water partition coefficient (Wildman–Crippen LogP) is 0.784. The van der Waals surface area contributed by atoms with Crippen molar-refractivity contribution in [2.45, 2.75) is 37.4 Å². The van der Waals surface area contributed by atoms with Crippen LogP contribution in [0.3, 0.4) is 0 Å². The van der Waals surface area contributed by atoms with Gasteiger partial charge in [-0.05, 0) is 25.0 Å². The van der Waals surface area contributed by atoms with Gasteiger partial charge in [-0.2, -0.15) is 0 Å². The molecule has 11 nitrogen and oxygen atoms in total. The van der Waals surface area contributed by atoms with Crippen LogP contribution in [0.1, 0.15) is 26.5 Å². The highest BCUT2D eigenvalue weighted by Gasteiger charge is 2.51. The fraction of sp³-hybridized carbons (Fsp3) is 0.400. The molecule has 170 valence electrons. The van der Waals surface area contributed by atoms with E-state index in [1.165, 1.54) is 28.9 Å². The van der Waals surface area contributed by atoms with Gasteiger partial charge in [-0.3, -0.25) is 14.4 Å². The number of hydrogen-bond acceptors (Lipinski definition) is 8. The number of oxime groups is 1. The third kappa shape index (κ3) is 4.90. The molecule has 0 aromatic carbocycles. The van der Waals surface area contributed by atoms with E-state index in [0.717, 1.165) is 0 Å². The molecule has 0 radical (unpaired) electrons. The number of nitrogens with zero attached hydrogens (tertiary/aromatic N) is 3. The summed E-state index contributed by atoms with van der Waals surface area (Å²) < 4.78 is 0. The third-order valence-electron chi connectivity index (χ3n) is 4.65. The molecular weight excluding hydrogens is 438 g/mol. The van der Waals surface area contributed by atoms with Crippen molar-refractivity contribution in [1.82, 2.24) is 15.2 Å². The molecular formula is C20H23N5O6S. The van der Waals surface area contributed by atoms with Gasteiger partial charge in [-0.15, -0.1) is 11.8 Å². The average molecular weight is 462 g/mol. The first-order chi connectivity index (χ1) is 15.2. The minimum atomic E-state index is -1.09. The molecule has 12 heteroatoms. The zero-order valence-electron chi connectivity index (χ0n) is 17.6. The third-order valence-corrected chi connectivity index (χ3v) is 6.09. The Morgan fingerprint density at radius 2 is 2.16 bits per heavy atom. The van der Waals surface area contributed by atoms with E-state index in [0.29, 0.717) is 6.41 Å². The van der Waals surface area contributed by atoms with Crippen LogP contribution in [0.5, 0.6) is 0 Å². The number of amides is 3. The number of carboxylic acids is 1. The molecule has 2 aliphatic heterocycles. The molecule has 0 spiro atoms. The zero-order chi connectivity index (χ0) is 23.4. The number of carbonyl (C=O) groups excluding carboxylic acids is 3. The summed E-state index contributed by atoms with van der Waals surface area (Å²) in [7, 11) is 0. The molecule has 0 saturated carbocycles. The van der Waals surface area contributed by atoms with E-state index >= 15 is 0 Å². The molecule has 3 rings (SSSR count). The van der Waals surface area contributed by atoms with Gasteiger partial charge in [0.15, 0.2) is 5.71 Å². The predicted molar refractivity (Wildman–Crippen MR) is 117 cm³/mol. The Hall–Kier alpha value is -3.41. The van der Waals surface area contributed by atoms with E-state index in [1.54, 1.807) is 19.1 Å². The maximum Gasteiger partial charge on any atom is 0.334 e. The summed E-state index contributed by atoms with van der Waals surface area (Å²) in [5.74, 6) is -1.81. The molecule has 1 aromatic rings. The molecule has 2 unspecified atom stereocenters. The number of aliphatic carboxylic acids is 1. The highest BCUT2D eigenvalue weighted by Crippen LogP contribution is 2.40. The lowest BCUT2D eigenvalue weighted by Gasteiger charge is -2.48. The van der Waals surface area contributed by atoms with E-state index in [1.807, 2.05) is 13.8 Å². The van der Waals surface area contributed by atoms with Gasteiger partial charge in [0.25, 0.3) is 11.8 Å². The van der Waals surface area contributed by atoms with E-state index in [2.05, 4.69) is 20.8 Å². The quantitative estimate of drug-likeness (QED) is 0.211. The smallest absolute Gasteiger partial charge is 0.334 e. The maximum absolute atomic E-state index is 13.0. The first-order valence-corrected chi connectivity index (χ1v) is 10.8. The summed E-state index contributed by atoms with van der Waals surface area (Å²) >= 11 is 1.27. The summed E-state index contributed by atoms with van der Waals surface area (Å²) in [6.07, 6.45) is 1.77. The Kier molecular flexibility index (Phi) is 7.13. The van der Waals surface area contributed by atoms with Crippen LogP contribution in [-0.2, 0) is 24.0 Å². The summed E-state index contributed by atoms with van der Waals surface area (Å²) in [6.45, 7) is 5.83. The number of aromatic nitrogens is 1. The number of rotatable bonds is 9. The number of carboxylic acid groups (broad SMARTS) is 1. The first-order valence-electron chi connectivity index (χ1n) is 9.84. The molecule has 1 saturated heterocycles. The normalized spacial score (nSPS) is 22.4. The summed E-state index contributed by atoms with van der Waals surface area (Å²) in [6, 6.07) is 3.81. The number of hydrogen-bond donors (Lipinski definition) is 3. The van der Waals surface area contributed by atoms with Crippen LogP contribution in [0.15, 0.2) is 35.1 Å². The Morgan fingerprint density at radius 1 is 1.41 bits per heavy atom. The van der Waals surface area contributed by atoms with Crippen molar-refractivity contribution in [1.29, 1.82) is 0 Å². The second kappa shape index (κ2) is 9.81. The van der Waals surface area contributed by atoms with Gasteiger partial charge >= 0.3 is 5.97 Å². The topological polar surface area (TPSA) is 150 Å². The van der Waals surface area contributed by atoms with Crippen molar-refractivity contribution in [2.75, 3.05) is 11.9 Å². The number of β-lactam (4-membered cyclic amide) rings is 1. The summed E-state index contributed by atoms with van der Waals surface area (Å²) in [5.41, 5.74) is 0.124. The molecule has 3 atom stereocenters. The van der Waals surface area contributed by atoms with Crippen LogP contribution in [-0.4, -0.2) is 68.2 Å². The number of fused-ring (bicyclic) bond motifs is 1. The van der Waals surface area contributed by atoms with Gasteiger partial charge in [0.05, 0.1) is 5.57 Å². The standard InChI is InChI=1S/C20H23N5O6S/c1-10(2)8-31-24-15(13-5-4-6-14(22-13)21-9-26)17(27)23-16-18(28)25-7-12(20(29)30)11(3)32-19(16)25/h4-7,9-11,16,19H,8H2,1-3H3,(H,23,27)(H,29,30)(H,21,22,26)/t11?,16?,19-/m1/s1. The number of nitrogens with one attached hydrogen (secondary N) is 2. The average Bonchev–Trinajstić information content (AvgIpc) is 2.74. The molecule has 32 heavy (non-hydrogen) atoms. The maximum atomic E-state index is 13.0. The second-order valence-electron chi connectivity index (χ2n) is 7.55. The van der Waals surface area contributed by atoms with Crippen LogP contribution in [0.4, 0.5) is 5.82 Å². The van der Waals surface area contributed by atoms with E-state index in [-0.39, 0.29) is 40.6 Å². The van der Waals surface area contributed by atoms with Gasteiger partial charge in [-0.1, -0.05) is 25.1 Å². The van der Waals surface area contributed by atoms with Crippen molar-refractivity contribution in [3.63, 3.8) is 0 Å². The van der Waals surface area contributed by atoms with E-state index in [4.69, 9.17) is 4.84 Å². The van der Waals surface area contributed by atoms with E-state index < -0.39 is 29.2 Å². The summed E-state index contributed by atoms with van der Waals surface area (Å²) in [4.78, 5) is 58.4. The van der Waals surface area contributed by atoms with Gasteiger partial charge in [0.2, 0.25) is 6.41 Å². The SMILES string of the molecule is CC(C)CON=C(C(=O)NC1C(=O)N2C=C(C(=O)O)C(C)S[C@H]12)c1cccc(NC=O)n1. The van der Waals surface area contributed by atoms with Crippen molar-refractivity contribution < 1.29 is 29.1 Å². The minimum absolute atomic E-state index is 0.123. The number of pyridine rings is 1. The van der Waals surface area contributed by atoms with Gasteiger partial charge in [0.1, 0.15) is 29.5 Å². The van der Waals surface area contributed by atoms with E-state index in [9.17, 15) is 24.3 Å². The lowest BCUT2D eigenvalue weighted by Crippen LogP contribution is -2.69. The highest BCUT2D eigenvalue weighted by molar-refractivity contribution is 8.00. The zero-order valence-corrected chi connectivity index (χ0v) is 18.5. The molecule has 0 aliphatic carbocycles. The lowest BCUT2D eigenvalue weighted by atomic mass is 10.1. The Labute approximate surface area is 188 Å². The molecule has 3 N–H and O–H groups in total. The number of thioether (sulfide) groups is 1. The van der Waals surface area contributed by atoms with Crippen molar-refractivity contribution >= 4 is 47.5 Å².